The molecule has 2 rings (SSSR count). The van der Waals surface area contributed by atoms with Gasteiger partial charge in [0.05, 0.1) is 0 Å². The molecule has 0 atom stereocenters. The molecule has 4 heteroatoms. The average molecular weight is 249 g/mol. The van der Waals surface area contributed by atoms with Crippen LogP contribution in [-0.4, -0.2) is 42.2 Å². The van der Waals surface area contributed by atoms with Crippen LogP contribution in [0.1, 0.15) is 19.3 Å². The molecule has 0 radical (unpaired) electrons. The van der Waals surface area contributed by atoms with Crippen molar-refractivity contribution in [1.29, 1.82) is 0 Å². The minimum absolute atomic E-state index is 0.0800. The predicted molar refractivity (Wildman–Crippen MR) is 73.9 cm³/mol. The third-order valence-electron chi connectivity index (χ3n) is 3.46. The highest BCUT2D eigenvalue weighted by Gasteiger charge is 2.09. The van der Waals surface area contributed by atoms with Gasteiger partial charge in [-0.05, 0) is 51.5 Å². The lowest BCUT2D eigenvalue weighted by Crippen LogP contribution is -2.28. The van der Waals surface area contributed by atoms with E-state index in [1.165, 1.54) is 38.9 Å². The molecule has 2 heterocycles. The summed E-state index contributed by atoms with van der Waals surface area (Å²) in [7, 11) is 0. The first-order valence-corrected chi connectivity index (χ1v) is 6.95. The molecule has 0 aliphatic carbocycles. The third kappa shape index (κ3) is 4.27. The lowest BCUT2D eigenvalue weighted by atomic mass is 10.4. The highest BCUT2D eigenvalue weighted by molar-refractivity contribution is 4.93. The molecule has 1 fully saturated rings. The van der Waals surface area contributed by atoms with Gasteiger partial charge in [0.2, 0.25) is 0 Å². The molecule has 0 amide bonds. The van der Waals surface area contributed by atoms with E-state index in [1.807, 2.05) is 12.3 Å². The molecule has 0 saturated carbocycles. The van der Waals surface area contributed by atoms with Crippen molar-refractivity contribution in [1.82, 2.24) is 14.8 Å². The summed E-state index contributed by atoms with van der Waals surface area (Å²) in [5.74, 6) is 0. The molecule has 1 aromatic heterocycles. The van der Waals surface area contributed by atoms with E-state index in [1.54, 1.807) is 16.7 Å². The largest absolute Gasteiger partial charge is 0.315 e. The van der Waals surface area contributed by atoms with Crippen LogP contribution in [0.25, 0.3) is 0 Å². The SMILES string of the molecule is O=c1ccccn1CCNCCCN1CCCC1. The molecule has 1 aliphatic heterocycles. The minimum atomic E-state index is 0.0800. The molecule has 0 unspecified atom stereocenters. The lowest BCUT2D eigenvalue weighted by molar-refractivity contribution is 0.330. The second kappa shape index (κ2) is 7.34. The zero-order chi connectivity index (χ0) is 12.6. The molecule has 18 heavy (non-hydrogen) atoms. The summed E-state index contributed by atoms with van der Waals surface area (Å²) in [5.41, 5.74) is 0.0800. The predicted octanol–water partition coefficient (Wildman–Crippen LogP) is 0.924. The molecular weight excluding hydrogens is 226 g/mol. The van der Waals surface area contributed by atoms with Gasteiger partial charge in [0, 0.05) is 25.4 Å². The Bertz CT molecular complexity index is 396. The fourth-order valence-electron chi connectivity index (χ4n) is 2.40. The van der Waals surface area contributed by atoms with Crippen molar-refractivity contribution in [2.45, 2.75) is 25.8 Å². The van der Waals surface area contributed by atoms with Gasteiger partial charge >= 0.3 is 0 Å². The number of hydrogen-bond acceptors (Lipinski definition) is 3. The van der Waals surface area contributed by atoms with Crippen LogP contribution >= 0.6 is 0 Å². The lowest BCUT2D eigenvalue weighted by Gasteiger charge is -2.14. The van der Waals surface area contributed by atoms with Crippen LogP contribution in [0.5, 0.6) is 0 Å². The Morgan fingerprint density at radius 2 is 1.94 bits per heavy atom. The molecule has 1 aliphatic rings. The number of hydrogen-bond donors (Lipinski definition) is 1. The number of likely N-dealkylation sites (tertiary alicyclic amines) is 1. The average Bonchev–Trinajstić information content (AvgIpc) is 2.89. The van der Waals surface area contributed by atoms with E-state index in [-0.39, 0.29) is 5.56 Å². The fourth-order valence-corrected chi connectivity index (χ4v) is 2.40. The molecular formula is C14H23N3O. The van der Waals surface area contributed by atoms with Gasteiger partial charge in [-0.3, -0.25) is 4.79 Å². The van der Waals surface area contributed by atoms with Crippen LogP contribution in [0.4, 0.5) is 0 Å². The van der Waals surface area contributed by atoms with Crippen molar-refractivity contribution in [3.63, 3.8) is 0 Å². The Morgan fingerprint density at radius 1 is 1.11 bits per heavy atom. The van der Waals surface area contributed by atoms with E-state index in [0.717, 1.165) is 19.6 Å². The van der Waals surface area contributed by atoms with Crippen molar-refractivity contribution in [3.8, 4) is 0 Å². The Balaban J connectivity index is 1.53. The Hall–Kier alpha value is -1.13. The van der Waals surface area contributed by atoms with E-state index in [4.69, 9.17) is 0 Å². The van der Waals surface area contributed by atoms with Gasteiger partial charge < -0.3 is 14.8 Å². The molecule has 4 nitrogen and oxygen atoms in total. The van der Waals surface area contributed by atoms with Crippen LogP contribution in [-0.2, 0) is 6.54 Å². The molecule has 0 spiro atoms. The van der Waals surface area contributed by atoms with Crippen molar-refractivity contribution >= 4 is 0 Å². The number of aromatic nitrogens is 1. The van der Waals surface area contributed by atoms with Crippen molar-refractivity contribution in [3.05, 3.63) is 34.7 Å². The van der Waals surface area contributed by atoms with Crippen molar-refractivity contribution < 1.29 is 0 Å². The van der Waals surface area contributed by atoms with E-state index < -0.39 is 0 Å². The second-order valence-corrected chi connectivity index (χ2v) is 4.88. The molecule has 1 saturated heterocycles. The normalized spacial score (nSPS) is 16.2. The maximum absolute atomic E-state index is 11.4. The Kier molecular flexibility index (Phi) is 5.42. The molecule has 1 N–H and O–H groups in total. The second-order valence-electron chi connectivity index (χ2n) is 4.88. The summed E-state index contributed by atoms with van der Waals surface area (Å²) in [6, 6.07) is 5.28. The van der Waals surface area contributed by atoms with Crippen LogP contribution in [0, 0.1) is 0 Å². The Morgan fingerprint density at radius 3 is 2.72 bits per heavy atom. The van der Waals surface area contributed by atoms with Crippen LogP contribution in [0.15, 0.2) is 29.2 Å². The van der Waals surface area contributed by atoms with Crippen molar-refractivity contribution in [2.75, 3.05) is 32.7 Å². The first-order valence-electron chi connectivity index (χ1n) is 6.95. The first kappa shape index (κ1) is 13.3. The maximum atomic E-state index is 11.4. The summed E-state index contributed by atoms with van der Waals surface area (Å²) < 4.78 is 1.74. The summed E-state index contributed by atoms with van der Waals surface area (Å²) >= 11 is 0. The van der Waals surface area contributed by atoms with Gasteiger partial charge in [0.25, 0.3) is 5.56 Å². The van der Waals surface area contributed by atoms with Gasteiger partial charge in [0.15, 0.2) is 0 Å². The zero-order valence-corrected chi connectivity index (χ0v) is 11.0. The monoisotopic (exact) mass is 249 g/mol. The van der Waals surface area contributed by atoms with Crippen molar-refractivity contribution in [2.24, 2.45) is 0 Å². The van der Waals surface area contributed by atoms with Gasteiger partial charge in [-0.15, -0.1) is 0 Å². The van der Waals surface area contributed by atoms with Gasteiger partial charge in [0.1, 0.15) is 0 Å². The number of rotatable bonds is 7. The van der Waals surface area contributed by atoms with Gasteiger partial charge in [-0.2, -0.15) is 0 Å². The summed E-state index contributed by atoms with van der Waals surface area (Å²) in [4.78, 5) is 14.0. The van der Waals surface area contributed by atoms with Gasteiger partial charge in [-0.25, -0.2) is 0 Å². The van der Waals surface area contributed by atoms with E-state index >= 15 is 0 Å². The highest BCUT2D eigenvalue weighted by atomic mass is 16.1. The highest BCUT2D eigenvalue weighted by Crippen LogP contribution is 2.06. The van der Waals surface area contributed by atoms with E-state index in [9.17, 15) is 4.79 Å². The van der Waals surface area contributed by atoms with Gasteiger partial charge in [-0.1, -0.05) is 6.07 Å². The summed E-state index contributed by atoms with van der Waals surface area (Å²) in [5, 5.41) is 3.40. The number of pyridine rings is 1. The fraction of sp³-hybridized carbons (Fsp3) is 0.643. The first-order chi connectivity index (χ1) is 8.86. The summed E-state index contributed by atoms with van der Waals surface area (Å²) in [6.07, 6.45) is 5.77. The van der Waals surface area contributed by atoms with E-state index in [0.29, 0.717) is 0 Å². The quantitative estimate of drug-likeness (QED) is 0.730. The molecule has 100 valence electrons. The molecule has 1 aromatic rings. The standard InChI is InChI=1S/C14H23N3O/c18-14-6-1-2-12-17(14)13-8-15-7-5-11-16-9-3-4-10-16/h1-2,6,12,15H,3-5,7-11,13H2. The third-order valence-corrected chi connectivity index (χ3v) is 3.46. The molecule has 0 bridgehead atoms. The smallest absolute Gasteiger partial charge is 0.250 e. The van der Waals surface area contributed by atoms with Crippen LogP contribution < -0.4 is 10.9 Å². The maximum Gasteiger partial charge on any atom is 0.250 e. The molecule has 0 aromatic carbocycles. The topological polar surface area (TPSA) is 37.3 Å². The zero-order valence-electron chi connectivity index (χ0n) is 11.0. The van der Waals surface area contributed by atoms with E-state index in [2.05, 4.69) is 10.2 Å². The number of nitrogens with zero attached hydrogens (tertiary/aromatic N) is 2. The van der Waals surface area contributed by atoms with Crippen LogP contribution in [0.3, 0.4) is 0 Å². The number of nitrogens with one attached hydrogen (secondary N) is 1. The Labute approximate surface area is 109 Å². The minimum Gasteiger partial charge on any atom is -0.315 e. The summed E-state index contributed by atoms with van der Waals surface area (Å²) in [6.45, 7) is 6.42. The van der Waals surface area contributed by atoms with Crippen LogP contribution in [0.2, 0.25) is 0 Å².